The van der Waals surface area contributed by atoms with E-state index in [4.69, 9.17) is 0 Å². The second kappa shape index (κ2) is 6.02. The van der Waals surface area contributed by atoms with Crippen molar-refractivity contribution in [1.82, 2.24) is 4.31 Å². The van der Waals surface area contributed by atoms with Crippen molar-refractivity contribution in [2.24, 2.45) is 0 Å². The van der Waals surface area contributed by atoms with Gasteiger partial charge in [0.2, 0.25) is 10.0 Å². The van der Waals surface area contributed by atoms with Gasteiger partial charge in [-0.05, 0) is 38.8 Å². The van der Waals surface area contributed by atoms with Crippen LogP contribution in [0.25, 0.3) is 0 Å². The molecule has 0 spiro atoms. The summed E-state index contributed by atoms with van der Waals surface area (Å²) in [5, 5.41) is 11.1. The van der Waals surface area contributed by atoms with Crippen LogP contribution in [0.4, 0.5) is 5.69 Å². The van der Waals surface area contributed by atoms with Gasteiger partial charge < -0.3 is 0 Å². The SMILES string of the molecule is C[C@@H]1CCC[C@H](C)N1S(=O)(=O)c1cc(Br)ccc1[N+](=O)[O-]. The topological polar surface area (TPSA) is 80.5 Å². The highest BCUT2D eigenvalue weighted by Crippen LogP contribution is 2.34. The fraction of sp³-hybridized carbons (Fsp3) is 0.538. The molecule has 1 aromatic rings. The van der Waals surface area contributed by atoms with E-state index in [1.807, 2.05) is 13.8 Å². The smallest absolute Gasteiger partial charge is 0.258 e. The summed E-state index contributed by atoms with van der Waals surface area (Å²) in [5.41, 5.74) is -0.386. The zero-order valence-electron chi connectivity index (χ0n) is 11.8. The lowest BCUT2D eigenvalue weighted by Crippen LogP contribution is -2.47. The molecule has 0 bridgehead atoms. The van der Waals surface area contributed by atoms with Crippen LogP contribution in [-0.2, 0) is 10.0 Å². The third kappa shape index (κ3) is 3.12. The van der Waals surface area contributed by atoms with Gasteiger partial charge >= 0.3 is 0 Å². The molecule has 0 amide bonds. The fourth-order valence-electron chi connectivity index (χ4n) is 2.83. The van der Waals surface area contributed by atoms with Crippen LogP contribution >= 0.6 is 15.9 Å². The molecule has 2 rings (SSSR count). The quantitative estimate of drug-likeness (QED) is 0.598. The molecule has 1 aliphatic rings. The summed E-state index contributed by atoms with van der Waals surface area (Å²) in [6, 6.07) is 3.69. The van der Waals surface area contributed by atoms with Gasteiger partial charge in [0.15, 0.2) is 4.90 Å². The van der Waals surface area contributed by atoms with Crippen LogP contribution in [0.5, 0.6) is 0 Å². The summed E-state index contributed by atoms with van der Waals surface area (Å²) < 4.78 is 27.7. The normalized spacial score (nSPS) is 24.0. The zero-order valence-corrected chi connectivity index (χ0v) is 14.2. The number of benzene rings is 1. The highest BCUT2D eigenvalue weighted by molar-refractivity contribution is 9.10. The second-order valence-corrected chi connectivity index (χ2v) is 8.06. The molecule has 1 fully saturated rings. The first-order chi connectivity index (χ1) is 9.75. The van der Waals surface area contributed by atoms with Crippen LogP contribution in [0.3, 0.4) is 0 Å². The van der Waals surface area contributed by atoms with Crippen molar-refractivity contribution >= 4 is 31.6 Å². The number of halogens is 1. The van der Waals surface area contributed by atoms with Crippen LogP contribution in [0.15, 0.2) is 27.6 Å². The molecule has 0 unspecified atom stereocenters. The Bertz CT molecular complexity index is 652. The molecule has 0 N–H and O–H groups in total. The molecule has 1 aromatic carbocycles. The first-order valence-corrected chi connectivity index (χ1v) is 8.96. The number of hydrogen-bond acceptors (Lipinski definition) is 4. The highest BCUT2D eigenvalue weighted by Gasteiger charge is 2.39. The number of nitrogens with zero attached hydrogens (tertiary/aromatic N) is 2. The molecule has 1 heterocycles. The van der Waals surface area contributed by atoms with Gasteiger partial charge in [-0.3, -0.25) is 10.1 Å². The molecule has 116 valence electrons. The monoisotopic (exact) mass is 376 g/mol. The van der Waals surface area contributed by atoms with E-state index >= 15 is 0 Å². The summed E-state index contributed by atoms with van der Waals surface area (Å²) in [6.45, 7) is 3.69. The van der Waals surface area contributed by atoms with Crippen molar-refractivity contribution in [2.75, 3.05) is 0 Å². The van der Waals surface area contributed by atoms with Crippen molar-refractivity contribution in [3.8, 4) is 0 Å². The average Bonchev–Trinajstić information content (AvgIpc) is 2.37. The van der Waals surface area contributed by atoms with Gasteiger partial charge in [-0.1, -0.05) is 22.4 Å². The molecule has 1 aliphatic heterocycles. The molecule has 6 nitrogen and oxygen atoms in total. The molecule has 0 aromatic heterocycles. The largest absolute Gasteiger partial charge is 0.289 e. The highest BCUT2D eigenvalue weighted by atomic mass is 79.9. The van der Waals surface area contributed by atoms with Gasteiger partial charge in [-0.15, -0.1) is 0 Å². The second-order valence-electron chi connectivity index (χ2n) is 5.33. The van der Waals surface area contributed by atoms with Crippen molar-refractivity contribution in [3.63, 3.8) is 0 Å². The van der Waals surface area contributed by atoms with Crippen LogP contribution < -0.4 is 0 Å². The van der Waals surface area contributed by atoms with Crippen molar-refractivity contribution in [2.45, 2.75) is 50.1 Å². The summed E-state index contributed by atoms with van der Waals surface area (Å²) in [7, 11) is -3.90. The Kier molecular flexibility index (Phi) is 4.69. The fourth-order valence-corrected chi connectivity index (χ4v) is 5.41. The van der Waals surface area contributed by atoms with E-state index in [9.17, 15) is 18.5 Å². The summed E-state index contributed by atoms with van der Waals surface area (Å²) in [6.07, 6.45) is 2.51. The van der Waals surface area contributed by atoms with E-state index in [2.05, 4.69) is 15.9 Å². The molecular formula is C13H17BrN2O4S. The lowest BCUT2D eigenvalue weighted by molar-refractivity contribution is -0.387. The number of nitro benzene ring substituents is 1. The third-order valence-electron chi connectivity index (χ3n) is 3.79. The summed E-state index contributed by atoms with van der Waals surface area (Å²) in [4.78, 5) is 10.2. The lowest BCUT2D eigenvalue weighted by atomic mass is 10.0. The molecule has 0 aliphatic carbocycles. The lowest BCUT2D eigenvalue weighted by Gasteiger charge is -2.37. The average molecular weight is 377 g/mol. The van der Waals surface area contributed by atoms with E-state index in [0.29, 0.717) is 4.47 Å². The maximum Gasteiger partial charge on any atom is 0.289 e. The molecule has 0 radical (unpaired) electrons. The van der Waals surface area contributed by atoms with Gasteiger partial charge in [0, 0.05) is 22.6 Å². The molecule has 1 saturated heterocycles. The molecule has 8 heteroatoms. The Morgan fingerprint density at radius 1 is 1.29 bits per heavy atom. The maximum atomic E-state index is 12.9. The standard InChI is InChI=1S/C13H17BrN2O4S/c1-9-4-3-5-10(2)15(9)21(19,20)13-8-11(14)6-7-12(13)16(17)18/h6-10H,3-5H2,1-2H3/t9-,10+. The van der Waals surface area contributed by atoms with Crippen LogP contribution in [-0.4, -0.2) is 29.7 Å². The Hall–Kier alpha value is -0.990. The van der Waals surface area contributed by atoms with Crippen molar-refractivity contribution in [1.29, 1.82) is 0 Å². The van der Waals surface area contributed by atoms with Gasteiger partial charge in [0.25, 0.3) is 5.69 Å². The summed E-state index contributed by atoms with van der Waals surface area (Å²) in [5.74, 6) is 0. The number of rotatable bonds is 3. The Balaban J connectivity index is 2.58. The number of nitro groups is 1. The van der Waals surface area contributed by atoms with E-state index < -0.39 is 14.9 Å². The molecule has 2 atom stereocenters. The summed E-state index contributed by atoms with van der Waals surface area (Å²) >= 11 is 3.19. The van der Waals surface area contributed by atoms with Gasteiger partial charge in [-0.25, -0.2) is 8.42 Å². The Morgan fingerprint density at radius 3 is 2.38 bits per heavy atom. The minimum Gasteiger partial charge on any atom is -0.258 e. The third-order valence-corrected chi connectivity index (χ3v) is 6.44. The van der Waals surface area contributed by atoms with Gasteiger partial charge in [0.1, 0.15) is 0 Å². The van der Waals surface area contributed by atoms with Crippen LogP contribution in [0.1, 0.15) is 33.1 Å². The van der Waals surface area contributed by atoms with Crippen LogP contribution in [0.2, 0.25) is 0 Å². The number of sulfonamides is 1. The van der Waals surface area contributed by atoms with E-state index in [-0.39, 0.29) is 22.7 Å². The molecule has 21 heavy (non-hydrogen) atoms. The number of piperidine rings is 1. The minimum atomic E-state index is -3.90. The van der Waals surface area contributed by atoms with Crippen LogP contribution in [0, 0.1) is 10.1 Å². The van der Waals surface area contributed by atoms with E-state index in [1.54, 1.807) is 0 Å². The van der Waals surface area contributed by atoms with E-state index in [1.165, 1.54) is 22.5 Å². The van der Waals surface area contributed by atoms with Crippen molar-refractivity contribution < 1.29 is 13.3 Å². The maximum absolute atomic E-state index is 12.9. The predicted molar refractivity (Wildman–Crippen MR) is 82.6 cm³/mol. The first-order valence-electron chi connectivity index (χ1n) is 6.72. The Labute approximate surface area is 132 Å². The predicted octanol–water partition coefficient (Wildman–Crippen LogP) is 3.31. The minimum absolute atomic E-state index is 0.155. The van der Waals surface area contributed by atoms with Gasteiger partial charge in [0.05, 0.1) is 4.92 Å². The number of hydrogen-bond donors (Lipinski definition) is 0. The van der Waals surface area contributed by atoms with Crippen molar-refractivity contribution in [3.05, 3.63) is 32.8 Å². The Morgan fingerprint density at radius 2 is 1.86 bits per heavy atom. The zero-order chi connectivity index (χ0) is 15.8. The van der Waals surface area contributed by atoms with E-state index in [0.717, 1.165) is 19.3 Å². The van der Waals surface area contributed by atoms with Gasteiger partial charge in [-0.2, -0.15) is 4.31 Å². The molecular weight excluding hydrogens is 360 g/mol. The molecule has 0 saturated carbocycles. The first kappa shape index (κ1) is 16.4.